The molecule has 0 unspecified atom stereocenters. The van der Waals surface area contributed by atoms with Crippen LogP contribution >= 0.6 is 0 Å². The summed E-state index contributed by atoms with van der Waals surface area (Å²) in [6.45, 7) is 3.52. The number of pyridine rings is 2. The quantitative estimate of drug-likeness (QED) is 0.858. The van der Waals surface area contributed by atoms with Crippen LogP contribution < -0.4 is 20.3 Å². The summed E-state index contributed by atoms with van der Waals surface area (Å²) in [5.74, 6) is 1.30. The smallest absolute Gasteiger partial charge is 0.319 e. The van der Waals surface area contributed by atoms with Gasteiger partial charge in [0.15, 0.2) is 0 Å². The van der Waals surface area contributed by atoms with E-state index in [9.17, 15) is 4.79 Å². The van der Waals surface area contributed by atoms with Gasteiger partial charge in [-0.05, 0) is 23.8 Å². The number of carbonyl (C=O) groups excluding carboxylic acids is 1. The molecular weight excluding hydrogens is 322 g/mol. The Morgan fingerprint density at radius 3 is 2.84 bits per heavy atom. The molecule has 25 heavy (non-hydrogen) atoms. The molecule has 1 fully saturated rings. The van der Waals surface area contributed by atoms with E-state index < -0.39 is 0 Å². The highest BCUT2D eigenvalue weighted by Crippen LogP contribution is 2.19. The minimum Gasteiger partial charge on any atom is -0.480 e. The third kappa shape index (κ3) is 4.57. The second-order valence-corrected chi connectivity index (χ2v) is 5.49. The molecular formula is C17H21N5O3. The van der Waals surface area contributed by atoms with E-state index in [2.05, 4.69) is 25.5 Å². The van der Waals surface area contributed by atoms with Gasteiger partial charge in [-0.25, -0.2) is 14.8 Å². The van der Waals surface area contributed by atoms with Crippen LogP contribution in [0.3, 0.4) is 0 Å². The van der Waals surface area contributed by atoms with Gasteiger partial charge in [0.05, 0.1) is 20.3 Å². The van der Waals surface area contributed by atoms with Gasteiger partial charge in [-0.1, -0.05) is 6.07 Å². The van der Waals surface area contributed by atoms with Crippen molar-refractivity contribution in [2.75, 3.05) is 43.6 Å². The van der Waals surface area contributed by atoms with Gasteiger partial charge in [0, 0.05) is 32.0 Å². The van der Waals surface area contributed by atoms with Gasteiger partial charge in [0.1, 0.15) is 11.5 Å². The number of amides is 2. The van der Waals surface area contributed by atoms with E-state index in [4.69, 9.17) is 9.47 Å². The highest BCUT2D eigenvalue weighted by molar-refractivity contribution is 5.90. The van der Waals surface area contributed by atoms with Gasteiger partial charge in [-0.15, -0.1) is 0 Å². The zero-order valence-corrected chi connectivity index (χ0v) is 14.1. The van der Waals surface area contributed by atoms with Crippen molar-refractivity contribution in [3.05, 3.63) is 42.2 Å². The Balaban J connectivity index is 1.51. The number of nitrogens with zero attached hydrogens (tertiary/aromatic N) is 3. The molecule has 1 aliphatic heterocycles. The molecule has 0 aliphatic carbocycles. The summed E-state index contributed by atoms with van der Waals surface area (Å²) in [6.07, 6.45) is 3.37. The van der Waals surface area contributed by atoms with Crippen LogP contribution in [-0.2, 0) is 11.3 Å². The van der Waals surface area contributed by atoms with Crippen molar-refractivity contribution in [2.24, 2.45) is 0 Å². The third-order valence-electron chi connectivity index (χ3n) is 3.81. The molecule has 0 atom stereocenters. The van der Waals surface area contributed by atoms with Crippen LogP contribution in [0, 0.1) is 0 Å². The van der Waals surface area contributed by atoms with Crippen molar-refractivity contribution in [2.45, 2.75) is 6.54 Å². The van der Waals surface area contributed by atoms with E-state index in [-0.39, 0.29) is 6.03 Å². The molecule has 2 N–H and O–H groups in total. The monoisotopic (exact) mass is 343 g/mol. The molecule has 0 bridgehead atoms. The Kier molecular flexibility index (Phi) is 5.63. The fourth-order valence-electron chi connectivity index (χ4n) is 2.50. The van der Waals surface area contributed by atoms with E-state index in [1.54, 1.807) is 24.5 Å². The summed E-state index contributed by atoms with van der Waals surface area (Å²) in [5, 5.41) is 5.51. The number of methoxy groups -OCH3 is 1. The summed E-state index contributed by atoms with van der Waals surface area (Å²) in [7, 11) is 1.51. The molecule has 0 aromatic carbocycles. The average molecular weight is 343 g/mol. The second kappa shape index (κ2) is 8.29. The maximum Gasteiger partial charge on any atom is 0.319 e. The minimum absolute atomic E-state index is 0.330. The van der Waals surface area contributed by atoms with Crippen LogP contribution in [0.1, 0.15) is 5.56 Å². The van der Waals surface area contributed by atoms with Crippen molar-refractivity contribution < 1.29 is 14.3 Å². The predicted molar refractivity (Wildman–Crippen MR) is 93.9 cm³/mol. The first-order chi connectivity index (χ1) is 12.3. The van der Waals surface area contributed by atoms with Crippen LogP contribution in [-0.4, -0.2) is 49.4 Å². The van der Waals surface area contributed by atoms with Crippen molar-refractivity contribution in [1.82, 2.24) is 15.3 Å². The van der Waals surface area contributed by atoms with Gasteiger partial charge in [0.2, 0.25) is 5.88 Å². The molecule has 0 saturated carbocycles. The van der Waals surface area contributed by atoms with Crippen molar-refractivity contribution >= 4 is 17.5 Å². The topological polar surface area (TPSA) is 88.6 Å². The van der Waals surface area contributed by atoms with Gasteiger partial charge in [-0.3, -0.25) is 0 Å². The highest BCUT2D eigenvalue weighted by Gasteiger charge is 2.12. The number of hydrogen-bond donors (Lipinski definition) is 2. The number of urea groups is 1. The van der Waals surface area contributed by atoms with Crippen LogP contribution in [0.2, 0.25) is 0 Å². The molecule has 2 aromatic rings. The Morgan fingerprint density at radius 1 is 1.28 bits per heavy atom. The predicted octanol–water partition coefficient (Wildman–Crippen LogP) is 1.64. The number of anilines is 2. The van der Waals surface area contributed by atoms with Crippen LogP contribution in [0.25, 0.3) is 0 Å². The summed E-state index contributed by atoms with van der Waals surface area (Å²) in [4.78, 5) is 22.7. The van der Waals surface area contributed by atoms with Crippen molar-refractivity contribution in [3.63, 3.8) is 0 Å². The summed E-state index contributed by atoms with van der Waals surface area (Å²) < 4.78 is 10.4. The van der Waals surface area contributed by atoms with Crippen LogP contribution in [0.4, 0.5) is 16.3 Å². The molecule has 0 spiro atoms. The third-order valence-corrected chi connectivity index (χ3v) is 3.81. The fraction of sp³-hybridized carbons (Fsp3) is 0.353. The van der Waals surface area contributed by atoms with Crippen LogP contribution in [0.15, 0.2) is 36.7 Å². The van der Waals surface area contributed by atoms with E-state index in [1.165, 1.54) is 7.11 Å². The maximum absolute atomic E-state index is 12.0. The molecule has 2 aromatic heterocycles. The van der Waals surface area contributed by atoms with E-state index in [0.29, 0.717) is 18.1 Å². The first-order valence-corrected chi connectivity index (χ1v) is 8.08. The lowest BCUT2D eigenvalue weighted by molar-refractivity contribution is 0.122. The molecule has 3 heterocycles. The summed E-state index contributed by atoms with van der Waals surface area (Å²) in [6, 6.07) is 7.05. The van der Waals surface area contributed by atoms with E-state index in [0.717, 1.165) is 37.7 Å². The second-order valence-electron chi connectivity index (χ2n) is 5.49. The van der Waals surface area contributed by atoms with Gasteiger partial charge in [0.25, 0.3) is 0 Å². The molecule has 0 radical (unpaired) electrons. The Morgan fingerprint density at radius 2 is 2.12 bits per heavy atom. The van der Waals surface area contributed by atoms with Gasteiger partial charge in [-0.2, -0.15) is 0 Å². The van der Waals surface area contributed by atoms with Crippen molar-refractivity contribution in [3.8, 4) is 5.88 Å². The lowest BCUT2D eigenvalue weighted by Gasteiger charge is -2.27. The standard InChI is InChI=1S/C17H21N5O3/c1-24-16-14(3-2-6-18-16)21-17(23)20-12-13-4-5-15(19-11-13)22-7-9-25-10-8-22/h2-6,11H,7-10,12H2,1H3,(H2,20,21,23). The number of hydrogen-bond acceptors (Lipinski definition) is 6. The molecule has 8 nitrogen and oxygen atoms in total. The molecule has 8 heteroatoms. The van der Waals surface area contributed by atoms with Crippen molar-refractivity contribution in [1.29, 1.82) is 0 Å². The first kappa shape index (κ1) is 17.0. The van der Waals surface area contributed by atoms with Gasteiger partial charge >= 0.3 is 6.03 Å². The molecule has 3 rings (SSSR count). The number of ether oxygens (including phenoxy) is 2. The fourth-order valence-corrected chi connectivity index (χ4v) is 2.50. The first-order valence-electron chi connectivity index (χ1n) is 8.08. The molecule has 1 aliphatic rings. The highest BCUT2D eigenvalue weighted by atomic mass is 16.5. The number of rotatable bonds is 5. The molecule has 132 valence electrons. The zero-order chi connectivity index (χ0) is 17.5. The molecule has 1 saturated heterocycles. The Bertz CT molecular complexity index is 702. The average Bonchev–Trinajstić information content (AvgIpc) is 2.68. The Hall–Kier alpha value is -2.87. The number of nitrogens with one attached hydrogen (secondary N) is 2. The summed E-state index contributed by atoms with van der Waals surface area (Å²) in [5.41, 5.74) is 1.44. The Labute approximate surface area is 146 Å². The lowest BCUT2D eigenvalue weighted by atomic mass is 10.2. The van der Waals surface area contributed by atoms with E-state index >= 15 is 0 Å². The molecule has 2 amide bonds. The largest absolute Gasteiger partial charge is 0.480 e. The minimum atomic E-state index is -0.330. The number of morpholine rings is 1. The van der Waals surface area contributed by atoms with E-state index in [1.807, 2.05) is 12.1 Å². The normalized spacial score (nSPS) is 14.0. The van der Waals surface area contributed by atoms with Gasteiger partial charge < -0.3 is 25.0 Å². The number of carbonyl (C=O) groups is 1. The lowest BCUT2D eigenvalue weighted by Crippen LogP contribution is -2.36. The SMILES string of the molecule is COc1ncccc1NC(=O)NCc1ccc(N2CCOCC2)nc1. The summed E-state index contributed by atoms with van der Waals surface area (Å²) >= 11 is 0. The zero-order valence-electron chi connectivity index (χ0n) is 14.1. The number of aromatic nitrogens is 2. The van der Waals surface area contributed by atoms with Crippen LogP contribution in [0.5, 0.6) is 5.88 Å². The maximum atomic E-state index is 12.0.